The van der Waals surface area contributed by atoms with Crippen LogP contribution in [0.5, 0.6) is 0 Å². The zero-order valence-corrected chi connectivity index (χ0v) is 30.9. The number of aliphatic carboxylic acids is 1. The Morgan fingerprint density at radius 1 is 0.852 bits per heavy atom. The maximum atomic E-state index is 16.8. The number of carboxylic acids is 1. The number of thiophene rings is 1. The summed E-state index contributed by atoms with van der Waals surface area (Å²) in [6.07, 6.45) is 6.96. The molecule has 270 valence electrons. The Morgan fingerprint density at radius 2 is 1.44 bits per heavy atom. The van der Waals surface area contributed by atoms with E-state index in [2.05, 4.69) is 46.3 Å². The van der Waals surface area contributed by atoms with Crippen molar-refractivity contribution >= 4 is 45.9 Å². The second-order valence-electron chi connectivity index (χ2n) is 14.3. The average Bonchev–Trinajstić information content (AvgIpc) is 3.81. The molecule has 0 spiro atoms. The van der Waals surface area contributed by atoms with E-state index in [-0.39, 0.29) is 34.3 Å². The first-order chi connectivity index (χ1) is 26.3. The molecule has 2 bridgehead atoms. The average molecular weight is 755 g/mol. The first kappa shape index (κ1) is 34.3. The second-order valence-corrected chi connectivity index (χ2v) is 15.9. The summed E-state index contributed by atoms with van der Waals surface area (Å²) in [4.78, 5) is 33.8. The van der Waals surface area contributed by atoms with Crippen LogP contribution in [0.1, 0.15) is 47.3 Å². The van der Waals surface area contributed by atoms with E-state index in [0.29, 0.717) is 21.6 Å². The van der Waals surface area contributed by atoms with E-state index in [1.807, 2.05) is 79.9 Å². The molecule has 10 rings (SSSR count). The molecule has 2 unspecified atom stereocenters. The van der Waals surface area contributed by atoms with Gasteiger partial charge in [-0.3, -0.25) is 4.79 Å². The van der Waals surface area contributed by atoms with Gasteiger partial charge in [0.25, 0.3) is 0 Å². The fraction of sp³-hybridized carbons (Fsp3) is 0.233. The second kappa shape index (κ2) is 13.8. The number of aryl methyl sites for hydroxylation is 1. The van der Waals surface area contributed by atoms with Crippen LogP contribution in [0.15, 0.2) is 116 Å². The predicted octanol–water partition coefficient (Wildman–Crippen LogP) is 9.86. The molecule has 54 heavy (non-hydrogen) atoms. The number of hydrogen-bond donors (Lipinski definition) is 2. The number of benzene rings is 3. The van der Waals surface area contributed by atoms with Crippen LogP contribution in [0.3, 0.4) is 0 Å². The molecule has 2 atom stereocenters. The molecule has 3 aliphatic carbocycles. The summed E-state index contributed by atoms with van der Waals surface area (Å²) in [5, 5.41) is 13.9. The third kappa shape index (κ3) is 5.67. The molecule has 3 aromatic carbocycles. The molecule has 3 fully saturated rings. The van der Waals surface area contributed by atoms with E-state index in [0.717, 1.165) is 47.3 Å². The number of hydrogen-bond acceptors (Lipinski definition) is 7. The molecule has 0 amide bonds. The van der Waals surface area contributed by atoms with E-state index in [4.69, 9.17) is 31.5 Å². The Morgan fingerprint density at radius 3 is 2.00 bits per heavy atom. The Labute approximate surface area is 320 Å². The fourth-order valence-corrected chi connectivity index (χ4v) is 9.88. The third-order valence-corrected chi connectivity index (χ3v) is 12.5. The van der Waals surface area contributed by atoms with Gasteiger partial charge in [0, 0.05) is 17.1 Å². The molecule has 4 aromatic heterocycles. The van der Waals surface area contributed by atoms with Gasteiger partial charge in [-0.2, -0.15) is 0 Å². The van der Waals surface area contributed by atoms with Crippen LogP contribution in [-0.4, -0.2) is 41.6 Å². The SMILES string of the molecule is Cc1ccc(-c2nc(-c3cn(C(c4ccccc4)(c4ccccc4)c4ccccc4)c4nc(Cl)cnc34)nc(NC3C4CCC(CC4)C3C(=O)O)c2F)s1. The Bertz CT molecular complexity index is 2390. The standard InChI is InChI=1S/C43H36ClFN6O2S/c1-25-17-22-32(54-25)38-35(45)40(48-36-27-20-18-26(19-21-27)34(36)42(52)53)50-39(49-38)31-24-51(41-37(31)46-23-33(44)47-41)43(28-11-5-2-6-12-28,29-13-7-3-8-14-29)30-15-9-4-10-16-30/h2-17,22-24,26-27,34,36H,18-21H2,1H3,(H,52,53)(H,48,49,50). The highest BCUT2D eigenvalue weighted by molar-refractivity contribution is 7.15. The van der Waals surface area contributed by atoms with Gasteiger partial charge < -0.3 is 15.0 Å². The summed E-state index contributed by atoms with van der Waals surface area (Å²) in [7, 11) is 0. The lowest BCUT2D eigenvalue weighted by molar-refractivity contribution is -0.148. The summed E-state index contributed by atoms with van der Waals surface area (Å²) in [6.45, 7) is 1.97. The van der Waals surface area contributed by atoms with Crippen molar-refractivity contribution in [2.75, 3.05) is 5.32 Å². The topological polar surface area (TPSA) is 106 Å². The van der Waals surface area contributed by atoms with Gasteiger partial charge in [0.2, 0.25) is 0 Å². The highest BCUT2D eigenvalue weighted by Gasteiger charge is 2.48. The van der Waals surface area contributed by atoms with E-state index < -0.39 is 29.3 Å². The molecular weight excluding hydrogens is 719 g/mol. The molecule has 2 N–H and O–H groups in total. The lowest BCUT2D eigenvalue weighted by Crippen LogP contribution is -2.51. The molecule has 3 saturated carbocycles. The van der Waals surface area contributed by atoms with Gasteiger partial charge in [0.15, 0.2) is 23.1 Å². The van der Waals surface area contributed by atoms with E-state index >= 15 is 4.39 Å². The minimum Gasteiger partial charge on any atom is -0.481 e. The van der Waals surface area contributed by atoms with Gasteiger partial charge >= 0.3 is 5.97 Å². The monoisotopic (exact) mass is 754 g/mol. The molecule has 0 radical (unpaired) electrons. The number of rotatable bonds is 9. The predicted molar refractivity (Wildman–Crippen MR) is 210 cm³/mol. The zero-order valence-electron chi connectivity index (χ0n) is 29.4. The van der Waals surface area contributed by atoms with Crippen molar-refractivity contribution in [1.82, 2.24) is 24.5 Å². The van der Waals surface area contributed by atoms with Crippen molar-refractivity contribution in [1.29, 1.82) is 0 Å². The minimum atomic E-state index is -0.968. The van der Waals surface area contributed by atoms with Crippen LogP contribution < -0.4 is 5.32 Å². The van der Waals surface area contributed by atoms with Crippen molar-refractivity contribution in [2.45, 2.75) is 44.2 Å². The maximum Gasteiger partial charge on any atom is 0.308 e. The Kier molecular flexibility index (Phi) is 8.74. The summed E-state index contributed by atoms with van der Waals surface area (Å²) < 4.78 is 18.9. The molecule has 8 nitrogen and oxygen atoms in total. The maximum absolute atomic E-state index is 16.8. The summed E-state index contributed by atoms with van der Waals surface area (Å²) >= 11 is 8.08. The van der Waals surface area contributed by atoms with E-state index in [1.165, 1.54) is 17.5 Å². The van der Waals surface area contributed by atoms with Gasteiger partial charge in [-0.1, -0.05) is 103 Å². The third-order valence-electron chi connectivity index (χ3n) is 11.3. The summed E-state index contributed by atoms with van der Waals surface area (Å²) in [6, 6.07) is 33.9. The van der Waals surface area contributed by atoms with Gasteiger partial charge in [-0.15, -0.1) is 11.3 Å². The van der Waals surface area contributed by atoms with E-state index in [9.17, 15) is 9.90 Å². The minimum absolute atomic E-state index is 0.0203. The number of halogens is 2. The van der Waals surface area contributed by atoms with Crippen LogP contribution in [-0.2, 0) is 10.3 Å². The van der Waals surface area contributed by atoms with Crippen molar-refractivity contribution in [3.05, 3.63) is 148 Å². The van der Waals surface area contributed by atoms with Crippen molar-refractivity contribution in [3.8, 4) is 22.0 Å². The summed E-state index contributed by atoms with van der Waals surface area (Å²) in [5.74, 6) is -1.77. The van der Waals surface area contributed by atoms with Crippen LogP contribution in [0.2, 0.25) is 5.15 Å². The highest BCUT2D eigenvalue weighted by Crippen LogP contribution is 2.48. The van der Waals surface area contributed by atoms with Crippen molar-refractivity contribution in [3.63, 3.8) is 0 Å². The van der Waals surface area contributed by atoms with Crippen LogP contribution in [0, 0.1) is 30.5 Å². The van der Waals surface area contributed by atoms with Gasteiger partial charge in [0.05, 0.1) is 22.6 Å². The number of nitrogens with zero attached hydrogens (tertiary/aromatic N) is 5. The quantitative estimate of drug-likeness (QED) is 0.141. The largest absolute Gasteiger partial charge is 0.481 e. The lowest BCUT2D eigenvalue weighted by atomic mass is 9.61. The Hall–Kier alpha value is -5.45. The molecule has 3 aliphatic rings. The molecular formula is C43H36ClFN6O2S. The molecule has 0 saturated heterocycles. The van der Waals surface area contributed by atoms with Crippen molar-refractivity contribution in [2.24, 2.45) is 17.8 Å². The van der Waals surface area contributed by atoms with Gasteiger partial charge in [-0.05, 0) is 73.3 Å². The van der Waals surface area contributed by atoms with Crippen LogP contribution >= 0.6 is 22.9 Å². The lowest BCUT2D eigenvalue weighted by Gasteiger charge is -2.47. The first-order valence-corrected chi connectivity index (χ1v) is 19.4. The highest BCUT2D eigenvalue weighted by atomic mass is 35.5. The normalized spacial score (nSPS) is 19.6. The number of aromatic nitrogens is 5. The molecule has 0 aliphatic heterocycles. The number of anilines is 1. The number of carboxylic acid groups (broad SMARTS) is 1. The first-order valence-electron chi connectivity index (χ1n) is 18.2. The molecule has 7 aromatic rings. The van der Waals surface area contributed by atoms with Crippen LogP contribution in [0.25, 0.3) is 33.1 Å². The zero-order chi connectivity index (χ0) is 37.0. The van der Waals surface area contributed by atoms with Crippen molar-refractivity contribution < 1.29 is 14.3 Å². The van der Waals surface area contributed by atoms with Gasteiger partial charge in [0.1, 0.15) is 21.9 Å². The van der Waals surface area contributed by atoms with Crippen LogP contribution in [0.4, 0.5) is 10.2 Å². The molecule has 11 heteroatoms. The number of fused-ring (bicyclic) bond motifs is 4. The fourth-order valence-electron chi connectivity index (χ4n) is 8.90. The summed E-state index contributed by atoms with van der Waals surface area (Å²) in [5.41, 5.74) is 3.57. The van der Waals surface area contributed by atoms with Gasteiger partial charge in [-0.25, -0.2) is 24.3 Å². The molecule has 4 heterocycles. The Balaban J connectivity index is 1.32. The smallest absolute Gasteiger partial charge is 0.308 e. The number of carbonyl (C=O) groups is 1. The number of nitrogens with one attached hydrogen (secondary N) is 1. The van der Waals surface area contributed by atoms with E-state index in [1.54, 1.807) is 0 Å².